The second-order valence-corrected chi connectivity index (χ2v) is 9.80. The molecule has 4 atom stereocenters. The smallest absolute Gasteiger partial charge is 0.176 e. The fraction of sp³-hybridized carbons (Fsp3) is 0.379. The zero-order chi connectivity index (χ0) is 24.6. The Bertz CT molecular complexity index is 1170. The Morgan fingerprint density at radius 1 is 1.03 bits per heavy atom. The Balaban J connectivity index is 1.56. The van der Waals surface area contributed by atoms with E-state index >= 15 is 0 Å². The molecule has 3 aromatic rings. The molecule has 0 amide bonds. The molecule has 184 valence electrons. The van der Waals surface area contributed by atoms with Gasteiger partial charge in [0.15, 0.2) is 11.2 Å². The maximum absolute atomic E-state index is 12.3. The topological polar surface area (TPSA) is 62.2 Å². The van der Waals surface area contributed by atoms with Gasteiger partial charge in [-0.05, 0) is 54.9 Å². The van der Waals surface area contributed by atoms with E-state index in [1.54, 1.807) is 12.1 Å². The number of nitrogens with zero attached hydrogens (tertiary/aromatic N) is 1. The van der Waals surface area contributed by atoms with E-state index in [2.05, 4.69) is 18.7 Å². The van der Waals surface area contributed by atoms with Crippen molar-refractivity contribution in [3.63, 3.8) is 0 Å². The second kappa shape index (κ2) is 9.47. The van der Waals surface area contributed by atoms with Gasteiger partial charge in [-0.15, -0.1) is 0 Å². The first-order chi connectivity index (χ1) is 16.9. The molecular weight excluding hydrogens is 462 g/mol. The van der Waals surface area contributed by atoms with Crippen molar-refractivity contribution in [1.82, 2.24) is 4.90 Å². The van der Waals surface area contributed by atoms with Crippen LogP contribution >= 0.6 is 11.6 Å². The molecule has 5 nitrogen and oxygen atoms in total. The molecule has 6 heteroatoms. The van der Waals surface area contributed by atoms with Crippen molar-refractivity contribution in [3.8, 4) is 11.5 Å². The number of aliphatic hydroxyl groups excluding tert-OH is 1. The SMILES string of the molecule is CCN(CC)CCOc1ccc2c(c1)O[C@]1(c3ccc(Cl)cc3)[C@@H](c3ccccc3)C[C@H](O)[C@]21O. The van der Waals surface area contributed by atoms with Crippen LogP contribution in [0.1, 0.15) is 42.9 Å². The standard InChI is InChI=1S/C29H32ClNO4/c1-3-31(4-2)16-17-34-23-14-15-24-26(18-23)35-29(21-10-12-22(30)13-11-21)25(19-27(32)28(24,29)33)20-8-6-5-7-9-20/h5-15,18,25,27,32-33H,3-4,16-17,19H2,1-2H3/t25-,27+,28-,29-/m1/s1. The summed E-state index contributed by atoms with van der Waals surface area (Å²) in [5.74, 6) is 0.934. The van der Waals surface area contributed by atoms with E-state index in [1.807, 2.05) is 60.7 Å². The number of benzene rings is 3. The molecule has 3 aromatic carbocycles. The van der Waals surface area contributed by atoms with Gasteiger partial charge < -0.3 is 24.6 Å². The van der Waals surface area contributed by atoms with Gasteiger partial charge in [-0.25, -0.2) is 0 Å². The largest absolute Gasteiger partial charge is 0.492 e. The van der Waals surface area contributed by atoms with Gasteiger partial charge in [-0.2, -0.15) is 0 Å². The summed E-state index contributed by atoms with van der Waals surface area (Å²) in [6, 6.07) is 22.8. The van der Waals surface area contributed by atoms with Crippen LogP contribution in [0, 0.1) is 0 Å². The van der Waals surface area contributed by atoms with Gasteiger partial charge >= 0.3 is 0 Å². The molecule has 0 unspecified atom stereocenters. The molecule has 0 aromatic heterocycles. The lowest BCUT2D eigenvalue weighted by Gasteiger charge is -2.40. The van der Waals surface area contributed by atoms with E-state index < -0.39 is 17.3 Å². The van der Waals surface area contributed by atoms with Crippen LogP contribution < -0.4 is 9.47 Å². The molecule has 0 spiro atoms. The molecule has 35 heavy (non-hydrogen) atoms. The highest BCUT2D eigenvalue weighted by molar-refractivity contribution is 6.30. The van der Waals surface area contributed by atoms with Crippen LogP contribution in [-0.4, -0.2) is 47.5 Å². The first-order valence-electron chi connectivity index (χ1n) is 12.3. The Kier molecular flexibility index (Phi) is 6.53. The van der Waals surface area contributed by atoms with E-state index in [0.717, 1.165) is 30.8 Å². The molecular formula is C29H32ClNO4. The molecule has 0 saturated heterocycles. The second-order valence-electron chi connectivity index (χ2n) is 9.36. The van der Waals surface area contributed by atoms with Gasteiger partial charge in [0, 0.05) is 29.1 Å². The van der Waals surface area contributed by atoms with Crippen molar-refractivity contribution in [2.24, 2.45) is 0 Å². The third-order valence-corrected chi connectivity index (χ3v) is 7.93. The Hall–Kier alpha value is -2.57. The van der Waals surface area contributed by atoms with Crippen molar-refractivity contribution in [2.45, 2.75) is 43.5 Å². The predicted octanol–water partition coefficient (Wildman–Crippen LogP) is 5.08. The number of ether oxygens (including phenoxy) is 2. The summed E-state index contributed by atoms with van der Waals surface area (Å²) >= 11 is 6.20. The highest BCUT2D eigenvalue weighted by atomic mass is 35.5. The zero-order valence-corrected chi connectivity index (χ0v) is 20.9. The van der Waals surface area contributed by atoms with E-state index in [0.29, 0.717) is 35.1 Å². The summed E-state index contributed by atoms with van der Waals surface area (Å²) in [6.45, 7) is 7.61. The number of hydrogen-bond acceptors (Lipinski definition) is 5. The highest BCUT2D eigenvalue weighted by Crippen LogP contribution is 2.66. The minimum Gasteiger partial charge on any atom is -0.492 e. The van der Waals surface area contributed by atoms with Crippen molar-refractivity contribution < 1.29 is 19.7 Å². The van der Waals surface area contributed by atoms with Crippen molar-refractivity contribution in [3.05, 3.63) is 94.5 Å². The maximum atomic E-state index is 12.3. The van der Waals surface area contributed by atoms with Gasteiger partial charge in [0.25, 0.3) is 0 Å². The Labute approximate surface area is 211 Å². The quantitative estimate of drug-likeness (QED) is 0.458. The van der Waals surface area contributed by atoms with Crippen molar-refractivity contribution in [1.29, 1.82) is 0 Å². The first kappa shape index (κ1) is 24.1. The van der Waals surface area contributed by atoms with Gasteiger partial charge in [0.2, 0.25) is 0 Å². The Morgan fingerprint density at radius 2 is 1.74 bits per heavy atom. The first-order valence-corrected chi connectivity index (χ1v) is 12.7. The molecule has 0 bridgehead atoms. The summed E-state index contributed by atoms with van der Waals surface area (Å²) < 4.78 is 12.8. The van der Waals surface area contributed by atoms with Crippen LogP contribution in [-0.2, 0) is 11.2 Å². The van der Waals surface area contributed by atoms with Gasteiger partial charge in [-0.3, -0.25) is 0 Å². The average molecular weight is 494 g/mol. The number of halogens is 1. The lowest BCUT2D eigenvalue weighted by molar-refractivity contribution is -0.149. The molecule has 2 aliphatic rings. The molecule has 1 heterocycles. The van der Waals surface area contributed by atoms with Crippen LogP contribution in [0.2, 0.25) is 5.02 Å². The van der Waals surface area contributed by atoms with Crippen LogP contribution in [0.25, 0.3) is 0 Å². The maximum Gasteiger partial charge on any atom is 0.176 e. The average Bonchev–Trinajstić information content (AvgIpc) is 3.27. The lowest BCUT2D eigenvalue weighted by Crippen LogP contribution is -2.51. The number of aliphatic hydroxyl groups is 2. The van der Waals surface area contributed by atoms with Crippen LogP contribution in [0.15, 0.2) is 72.8 Å². The number of likely N-dealkylation sites (N-methyl/N-ethyl adjacent to an activating group) is 1. The molecule has 2 N–H and O–H groups in total. The molecule has 1 saturated carbocycles. The minimum atomic E-state index is -1.63. The number of fused-ring (bicyclic) bond motifs is 3. The Morgan fingerprint density at radius 3 is 2.43 bits per heavy atom. The predicted molar refractivity (Wildman–Crippen MR) is 137 cm³/mol. The van der Waals surface area contributed by atoms with Gasteiger partial charge in [-0.1, -0.05) is 67.9 Å². The van der Waals surface area contributed by atoms with Crippen LogP contribution in [0.3, 0.4) is 0 Å². The highest BCUT2D eigenvalue weighted by Gasteiger charge is 2.72. The lowest BCUT2D eigenvalue weighted by atomic mass is 9.71. The summed E-state index contributed by atoms with van der Waals surface area (Å²) in [6.07, 6.45) is -0.649. The third-order valence-electron chi connectivity index (χ3n) is 7.68. The van der Waals surface area contributed by atoms with Gasteiger partial charge in [0.05, 0.1) is 6.10 Å². The summed E-state index contributed by atoms with van der Waals surface area (Å²) in [4.78, 5) is 2.30. The van der Waals surface area contributed by atoms with Crippen molar-refractivity contribution in [2.75, 3.05) is 26.2 Å². The molecule has 1 aliphatic heterocycles. The van der Waals surface area contributed by atoms with E-state index in [4.69, 9.17) is 21.1 Å². The van der Waals surface area contributed by atoms with Crippen LogP contribution in [0.4, 0.5) is 0 Å². The van der Waals surface area contributed by atoms with E-state index in [1.165, 1.54) is 0 Å². The molecule has 1 fully saturated rings. The zero-order valence-electron chi connectivity index (χ0n) is 20.2. The fourth-order valence-electron chi connectivity index (χ4n) is 5.83. The molecule has 1 aliphatic carbocycles. The molecule has 0 radical (unpaired) electrons. The third kappa shape index (κ3) is 3.82. The number of hydrogen-bond donors (Lipinski definition) is 2. The van der Waals surface area contributed by atoms with E-state index in [-0.39, 0.29) is 5.92 Å². The summed E-state index contributed by atoms with van der Waals surface area (Å²) in [7, 11) is 0. The van der Waals surface area contributed by atoms with Gasteiger partial charge in [0.1, 0.15) is 18.1 Å². The minimum absolute atomic E-state index is 0.274. The van der Waals surface area contributed by atoms with Crippen LogP contribution in [0.5, 0.6) is 11.5 Å². The van der Waals surface area contributed by atoms with Crippen molar-refractivity contribution >= 4 is 11.6 Å². The summed E-state index contributed by atoms with van der Waals surface area (Å²) in [5.41, 5.74) is -0.484. The van der Waals surface area contributed by atoms with E-state index in [9.17, 15) is 10.2 Å². The normalized spacial score (nSPS) is 26.9. The number of rotatable bonds is 8. The summed E-state index contributed by atoms with van der Waals surface area (Å²) in [5, 5.41) is 24.3. The molecule has 5 rings (SSSR count). The fourth-order valence-corrected chi connectivity index (χ4v) is 5.96. The monoisotopic (exact) mass is 493 g/mol.